The average Bonchev–Trinajstić information content (AvgIpc) is 2.43. The molecule has 0 atom stereocenters. The molecule has 4 aliphatic rings. The van der Waals surface area contributed by atoms with Gasteiger partial charge < -0.3 is 10.6 Å². The van der Waals surface area contributed by atoms with Crippen LogP contribution in [0.4, 0.5) is 0 Å². The van der Waals surface area contributed by atoms with Crippen LogP contribution in [0, 0.1) is 23.7 Å². The van der Waals surface area contributed by atoms with Gasteiger partial charge >= 0.3 is 0 Å². The van der Waals surface area contributed by atoms with Gasteiger partial charge in [0, 0.05) is 12.1 Å². The predicted octanol–water partition coefficient (Wildman–Crippen LogP) is 3.57. The van der Waals surface area contributed by atoms with E-state index in [1.54, 1.807) is 0 Å². The largest absolute Gasteiger partial charge is 0.313 e. The molecule has 0 spiro atoms. The summed E-state index contributed by atoms with van der Waals surface area (Å²) in [6.07, 6.45) is 11.4. The Labute approximate surface area is 125 Å². The van der Waals surface area contributed by atoms with Crippen LogP contribution in [0.1, 0.15) is 65.2 Å². The average molecular weight is 278 g/mol. The zero-order chi connectivity index (χ0) is 13.9. The predicted molar refractivity (Wildman–Crippen MR) is 85.8 cm³/mol. The molecule has 20 heavy (non-hydrogen) atoms. The molecule has 0 heterocycles. The lowest BCUT2D eigenvalue weighted by Crippen LogP contribution is -2.62. The lowest BCUT2D eigenvalue weighted by atomic mass is 9.52. The van der Waals surface area contributed by atoms with Gasteiger partial charge in [-0.3, -0.25) is 0 Å². The summed E-state index contributed by atoms with van der Waals surface area (Å²) in [5.41, 5.74) is 0. The zero-order valence-electron chi connectivity index (χ0n) is 13.5. The fourth-order valence-electron chi connectivity index (χ4n) is 5.44. The highest BCUT2D eigenvalue weighted by Gasteiger charge is 2.52. The lowest BCUT2D eigenvalue weighted by Gasteiger charge is -2.58. The molecule has 0 unspecified atom stereocenters. The summed E-state index contributed by atoms with van der Waals surface area (Å²) in [4.78, 5) is 0. The van der Waals surface area contributed by atoms with Gasteiger partial charge in [-0.25, -0.2) is 0 Å². The van der Waals surface area contributed by atoms with E-state index < -0.39 is 0 Å². The molecule has 0 amide bonds. The van der Waals surface area contributed by atoms with Crippen molar-refractivity contribution in [3.05, 3.63) is 0 Å². The van der Waals surface area contributed by atoms with E-state index >= 15 is 0 Å². The van der Waals surface area contributed by atoms with Crippen LogP contribution in [-0.4, -0.2) is 25.2 Å². The number of nitrogens with one attached hydrogen (secondary N) is 2. The van der Waals surface area contributed by atoms with Crippen molar-refractivity contribution in [1.29, 1.82) is 0 Å². The van der Waals surface area contributed by atoms with Crippen molar-refractivity contribution >= 4 is 0 Å². The van der Waals surface area contributed by atoms with Crippen LogP contribution >= 0.6 is 0 Å². The maximum Gasteiger partial charge on any atom is 0.0124 e. The topological polar surface area (TPSA) is 24.1 Å². The van der Waals surface area contributed by atoms with Crippen molar-refractivity contribution < 1.29 is 0 Å². The Balaban J connectivity index is 1.52. The molecule has 4 fully saturated rings. The molecule has 4 aliphatic carbocycles. The van der Waals surface area contributed by atoms with E-state index in [1.807, 2.05) is 0 Å². The van der Waals surface area contributed by atoms with Crippen molar-refractivity contribution in [2.75, 3.05) is 13.1 Å². The normalized spacial score (nSPS) is 42.3. The Kier molecular flexibility index (Phi) is 5.04. The Morgan fingerprint density at radius 3 is 1.30 bits per heavy atom. The van der Waals surface area contributed by atoms with Crippen molar-refractivity contribution in [3.63, 3.8) is 0 Å². The minimum Gasteiger partial charge on any atom is -0.313 e. The first-order valence-electron chi connectivity index (χ1n) is 9.30. The minimum absolute atomic E-state index is 0.866. The highest BCUT2D eigenvalue weighted by atomic mass is 15.0. The van der Waals surface area contributed by atoms with Crippen molar-refractivity contribution in [3.8, 4) is 0 Å². The van der Waals surface area contributed by atoms with E-state index in [4.69, 9.17) is 0 Å². The van der Waals surface area contributed by atoms with E-state index in [2.05, 4.69) is 24.5 Å². The molecule has 4 rings (SSSR count). The zero-order valence-corrected chi connectivity index (χ0v) is 13.5. The van der Waals surface area contributed by atoms with Gasteiger partial charge in [-0.15, -0.1) is 0 Å². The van der Waals surface area contributed by atoms with E-state index in [9.17, 15) is 0 Å². The summed E-state index contributed by atoms with van der Waals surface area (Å²) in [6.45, 7) is 7.10. The number of hydrogen-bond acceptors (Lipinski definition) is 2. The van der Waals surface area contributed by atoms with Gasteiger partial charge in [0.05, 0.1) is 0 Å². The molecule has 4 saturated carbocycles. The smallest absolute Gasteiger partial charge is 0.0124 e. The molecule has 0 saturated heterocycles. The SMILES string of the molecule is CCCCNC1C2CC3CC1CC(C2)C3NCCCC. The standard InChI is InChI=1S/C18H34N2/c1-3-5-7-19-17-13-9-15-11-14(17)12-16(10-13)18(15)20-8-6-4-2/h13-20H,3-12H2,1-2H3. The Morgan fingerprint density at radius 1 is 0.650 bits per heavy atom. The second-order valence-corrected chi connectivity index (χ2v) is 7.65. The molecule has 2 heteroatoms. The second kappa shape index (κ2) is 6.79. The maximum atomic E-state index is 3.91. The van der Waals surface area contributed by atoms with Gasteiger partial charge in [0.1, 0.15) is 0 Å². The minimum atomic E-state index is 0.866. The summed E-state index contributed by atoms with van der Waals surface area (Å²) in [7, 11) is 0. The van der Waals surface area contributed by atoms with Crippen molar-refractivity contribution in [2.24, 2.45) is 23.7 Å². The Morgan fingerprint density at radius 2 is 1.00 bits per heavy atom. The molecular formula is C18H34N2. The molecule has 0 aromatic rings. The van der Waals surface area contributed by atoms with Crippen LogP contribution in [0.5, 0.6) is 0 Å². The molecule has 0 aromatic carbocycles. The van der Waals surface area contributed by atoms with Gasteiger partial charge in [-0.1, -0.05) is 26.7 Å². The van der Waals surface area contributed by atoms with Gasteiger partial charge in [-0.05, 0) is 75.3 Å². The summed E-state index contributed by atoms with van der Waals surface area (Å²) in [6, 6.07) is 1.73. The second-order valence-electron chi connectivity index (χ2n) is 7.65. The first-order valence-corrected chi connectivity index (χ1v) is 9.30. The molecule has 0 aromatic heterocycles. The van der Waals surface area contributed by atoms with Gasteiger partial charge in [-0.2, -0.15) is 0 Å². The van der Waals surface area contributed by atoms with Crippen molar-refractivity contribution in [1.82, 2.24) is 10.6 Å². The maximum absolute atomic E-state index is 3.91. The van der Waals surface area contributed by atoms with E-state index in [0.717, 1.165) is 35.8 Å². The molecule has 116 valence electrons. The Bertz CT molecular complexity index is 246. The summed E-state index contributed by atoms with van der Waals surface area (Å²) in [5, 5.41) is 7.82. The summed E-state index contributed by atoms with van der Waals surface area (Å²) in [5.74, 6) is 3.99. The van der Waals surface area contributed by atoms with Crippen LogP contribution in [0.25, 0.3) is 0 Å². The van der Waals surface area contributed by atoms with E-state index in [0.29, 0.717) is 0 Å². The van der Waals surface area contributed by atoms with Crippen LogP contribution in [-0.2, 0) is 0 Å². The first-order chi connectivity index (χ1) is 9.83. The molecule has 2 N–H and O–H groups in total. The summed E-state index contributed by atoms with van der Waals surface area (Å²) >= 11 is 0. The molecule has 4 bridgehead atoms. The van der Waals surface area contributed by atoms with E-state index in [-0.39, 0.29) is 0 Å². The third-order valence-electron chi connectivity index (χ3n) is 6.27. The number of rotatable bonds is 8. The number of hydrogen-bond donors (Lipinski definition) is 2. The highest BCUT2D eigenvalue weighted by molar-refractivity contribution is 5.06. The van der Waals surface area contributed by atoms with Gasteiger partial charge in [0.2, 0.25) is 0 Å². The lowest BCUT2D eigenvalue weighted by molar-refractivity contribution is -0.0408. The van der Waals surface area contributed by atoms with Crippen LogP contribution in [0.2, 0.25) is 0 Å². The van der Waals surface area contributed by atoms with E-state index in [1.165, 1.54) is 64.5 Å². The quantitative estimate of drug-likeness (QED) is 0.663. The van der Waals surface area contributed by atoms with Crippen molar-refractivity contribution in [2.45, 2.75) is 77.3 Å². The van der Waals surface area contributed by atoms with Crippen LogP contribution in [0.3, 0.4) is 0 Å². The van der Waals surface area contributed by atoms with Crippen LogP contribution < -0.4 is 10.6 Å². The third-order valence-corrected chi connectivity index (χ3v) is 6.27. The molecule has 0 radical (unpaired) electrons. The third kappa shape index (κ3) is 2.92. The molecule has 2 nitrogen and oxygen atoms in total. The fourth-order valence-corrected chi connectivity index (χ4v) is 5.44. The summed E-state index contributed by atoms with van der Waals surface area (Å²) < 4.78 is 0. The molecular weight excluding hydrogens is 244 g/mol. The first kappa shape index (κ1) is 14.8. The van der Waals surface area contributed by atoms with Gasteiger partial charge in [0.15, 0.2) is 0 Å². The highest BCUT2D eigenvalue weighted by Crippen LogP contribution is 2.53. The molecule has 0 aliphatic heterocycles. The van der Waals surface area contributed by atoms with Gasteiger partial charge in [0.25, 0.3) is 0 Å². The fraction of sp³-hybridized carbons (Fsp3) is 1.00. The Hall–Kier alpha value is -0.0800. The monoisotopic (exact) mass is 278 g/mol. The van der Waals surface area contributed by atoms with Crippen LogP contribution in [0.15, 0.2) is 0 Å². The number of unbranched alkanes of at least 4 members (excludes halogenated alkanes) is 2.